The highest BCUT2D eigenvalue weighted by Crippen LogP contribution is 2.72. The van der Waals surface area contributed by atoms with Gasteiger partial charge in [-0.15, -0.1) is 0 Å². The van der Waals surface area contributed by atoms with Gasteiger partial charge in [-0.2, -0.15) is 0 Å². The summed E-state index contributed by atoms with van der Waals surface area (Å²) in [5.41, 5.74) is -1.86. The van der Waals surface area contributed by atoms with Gasteiger partial charge in [-0.25, -0.2) is 9.59 Å². The van der Waals surface area contributed by atoms with Crippen molar-refractivity contribution in [3.8, 4) is 0 Å². The van der Waals surface area contributed by atoms with Gasteiger partial charge >= 0.3 is 11.9 Å². The molecule has 0 aromatic carbocycles. The van der Waals surface area contributed by atoms with Crippen LogP contribution < -0.4 is 0 Å². The minimum atomic E-state index is -1.90. The number of allylic oxidation sites excluding steroid dienone is 7. The van der Waals surface area contributed by atoms with E-state index in [2.05, 4.69) is 19.9 Å². The Morgan fingerprint density at radius 2 is 1.87 bits per heavy atom. The summed E-state index contributed by atoms with van der Waals surface area (Å²) in [7, 11) is 0. The second kappa shape index (κ2) is 12.5. The fourth-order valence-corrected chi connectivity index (χ4v) is 8.54. The maximum atomic E-state index is 15.1. The molecule has 0 radical (unpaired) electrons. The summed E-state index contributed by atoms with van der Waals surface area (Å²) in [6, 6.07) is 0. The molecule has 3 fully saturated rings. The van der Waals surface area contributed by atoms with E-state index >= 15 is 4.79 Å². The first-order valence-electron chi connectivity index (χ1n) is 16.7. The molecule has 250 valence electrons. The zero-order valence-corrected chi connectivity index (χ0v) is 28.5. The van der Waals surface area contributed by atoms with Gasteiger partial charge in [-0.05, 0) is 76.4 Å². The summed E-state index contributed by atoms with van der Waals surface area (Å²) in [6.07, 6.45) is 16.6. The lowest BCUT2D eigenvalue weighted by molar-refractivity contribution is -0.303. The summed E-state index contributed by atoms with van der Waals surface area (Å²) in [6.45, 7) is 15.5. The van der Waals surface area contributed by atoms with E-state index in [0.29, 0.717) is 23.1 Å². The van der Waals surface area contributed by atoms with Gasteiger partial charge in [0.05, 0.1) is 18.6 Å². The van der Waals surface area contributed by atoms with Gasteiger partial charge in [0.2, 0.25) is 0 Å². The third-order valence-electron chi connectivity index (χ3n) is 11.1. The molecule has 2 saturated carbocycles. The van der Waals surface area contributed by atoms with Crippen LogP contribution in [-0.2, 0) is 33.3 Å². The topological polar surface area (TPSA) is 108 Å². The Labute approximate surface area is 273 Å². The molecule has 1 saturated heterocycles. The van der Waals surface area contributed by atoms with Crippen LogP contribution in [0.15, 0.2) is 71.4 Å². The Balaban J connectivity index is 1.51. The molecule has 0 aromatic heterocycles. The third kappa shape index (κ3) is 5.50. The molecule has 0 aromatic rings. The van der Waals surface area contributed by atoms with Gasteiger partial charge in [0.1, 0.15) is 6.10 Å². The number of ether oxygens (including phenoxy) is 4. The van der Waals surface area contributed by atoms with Crippen LogP contribution in [0.25, 0.3) is 0 Å². The van der Waals surface area contributed by atoms with Crippen molar-refractivity contribution in [1.82, 2.24) is 0 Å². The standard InChI is InChI=1S/C38H50O8/c1-9-11-12-13-14-15-16-17-29(39)45-32-24(4)20-37-25(5)18-28-30(36(28,8)22-43-34(41)23(3)10-2)27(31(37)40)19-26-21-44-35(6,7)46-33(26)38(32,37)42/h10,12-17,19-20,25,27-28,30,32-33,42H,9,11,18,21-22H2,1-8H3/b13-12+,15-14+,17-16+,23-10+. The van der Waals surface area contributed by atoms with Crippen molar-refractivity contribution in [2.75, 3.05) is 13.2 Å². The lowest BCUT2D eigenvalue weighted by atomic mass is 9.58. The van der Waals surface area contributed by atoms with E-state index in [9.17, 15) is 14.7 Å². The zero-order chi connectivity index (χ0) is 33.7. The fraction of sp³-hybridized carbons (Fsp3) is 0.605. The van der Waals surface area contributed by atoms with Crippen molar-refractivity contribution in [1.29, 1.82) is 0 Å². The van der Waals surface area contributed by atoms with Crippen LogP contribution in [0, 0.1) is 34.5 Å². The largest absolute Gasteiger partial charge is 0.462 e. The highest BCUT2D eigenvalue weighted by Gasteiger charge is 2.78. The lowest BCUT2D eigenvalue weighted by Crippen LogP contribution is -2.68. The molecule has 1 aliphatic heterocycles. The number of rotatable bonds is 9. The Morgan fingerprint density at radius 3 is 2.57 bits per heavy atom. The van der Waals surface area contributed by atoms with Crippen LogP contribution in [0.4, 0.5) is 0 Å². The molecule has 8 nitrogen and oxygen atoms in total. The van der Waals surface area contributed by atoms with E-state index in [0.717, 1.165) is 12.8 Å². The van der Waals surface area contributed by atoms with Crippen molar-refractivity contribution in [3.05, 3.63) is 71.4 Å². The number of carbonyl (C=O) groups excluding carboxylic acids is 3. The summed E-state index contributed by atoms with van der Waals surface area (Å²) in [4.78, 5) is 40.8. The van der Waals surface area contributed by atoms with Crippen LogP contribution >= 0.6 is 0 Å². The molecule has 0 amide bonds. The third-order valence-corrected chi connectivity index (χ3v) is 11.1. The molecule has 5 aliphatic rings. The Morgan fingerprint density at radius 1 is 1.15 bits per heavy atom. The van der Waals surface area contributed by atoms with E-state index in [1.54, 1.807) is 45.9 Å². The minimum Gasteiger partial charge on any atom is -0.462 e. The molecule has 5 rings (SSSR count). The average Bonchev–Trinajstić information content (AvgIpc) is 3.55. The number of ketones is 1. The second-order valence-corrected chi connectivity index (χ2v) is 14.5. The van der Waals surface area contributed by atoms with Crippen LogP contribution in [0.2, 0.25) is 0 Å². The Kier molecular flexibility index (Phi) is 9.32. The van der Waals surface area contributed by atoms with Crippen molar-refractivity contribution >= 4 is 17.7 Å². The van der Waals surface area contributed by atoms with Crippen LogP contribution in [0.3, 0.4) is 0 Å². The predicted octanol–water partition coefficient (Wildman–Crippen LogP) is 6.12. The Hall–Kier alpha value is -3.07. The van der Waals surface area contributed by atoms with E-state index in [4.69, 9.17) is 18.9 Å². The molecule has 8 heteroatoms. The summed E-state index contributed by atoms with van der Waals surface area (Å²) in [5.74, 6) is -3.04. The maximum absolute atomic E-state index is 15.1. The van der Waals surface area contributed by atoms with Gasteiger partial charge in [-0.1, -0.05) is 75.8 Å². The molecule has 2 bridgehead atoms. The summed E-state index contributed by atoms with van der Waals surface area (Å²) < 4.78 is 24.4. The van der Waals surface area contributed by atoms with Gasteiger partial charge in [-0.3, -0.25) is 4.79 Å². The number of carbonyl (C=O) groups is 3. The fourth-order valence-electron chi connectivity index (χ4n) is 8.54. The quantitative estimate of drug-likeness (QED) is 0.140. The van der Waals surface area contributed by atoms with Crippen molar-refractivity contribution in [2.24, 2.45) is 34.5 Å². The lowest BCUT2D eigenvalue weighted by Gasteiger charge is -2.52. The predicted molar refractivity (Wildman–Crippen MR) is 174 cm³/mol. The first-order valence-corrected chi connectivity index (χ1v) is 16.7. The smallest absolute Gasteiger partial charge is 0.333 e. The van der Waals surface area contributed by atoms with Crippen molar-refractivity contribution in [3.63, 3.8) is 0 Å². The highest BCUT2D eigenvalue weighted by molar-refractivity contribution is 5.96. The van der Waals surface area contributed by atoms with Crippen LogP contribution in [0.1, 0.15) is 74.7 Å². The number of unbranched alkanes of at least 4 members (excludes halogenated alkanes) is 1. The minimum absolute atomic E-state index is 0.0884. The molecule has 46 heavy (non-hydrogen) atoms. The van der Waals surface area contributed by atoms with E-state index in [-0.39, 0.29) is 42.7 Å². The molecule has 1 spiro atoms. The second-order valence-electron chi connectivity index (χ2n) is 14.5. The highest BCUT2D eigenvalue weighted by atomic mass is 16.7. The van der Waals surface area contributed by atoms with Gasteiger partial charge in [0.15, 0.2) is 23.3 Å². The number of esters is 2. The molecule has 1 N–H and O–H groups in total. The molecular formula is C38H50O8. The zero-order valence-electron chi connectivity index (χ0n) is 28.5. The van der Waals surface area contributed by atoms with Gasteiger partial charge in [0, 0.05) is 23.0 Å². The van der Waals surface area contributed by atoms with E-state index in [1.807, 2.05) is 38.2 Å². The SMILES string of the molecule is C/C=C(\C)C(=O)OCC1(C)C2CC(C)C34C=C(C)C(OC(=O)/C=C/C=C/C=C/CCC)C3(O)C3OC(C)(C)OCC3=CC(C4=O)C21. The average molecular weight is 635 g/mol. The first-order chi connectivity index (χ1) is 21.7. The summed E-state index contributed by atoms with van der Waals surface area (Å²) >= 11 is 0. The molecule has 1 heterocycles. The normalized spacial score (nSPS) is 39.7. The number of fused-ring (bicyclic) bond motifs is 5. The van der Waals surface area contributed by atoms with Crippen molar-refractivity contribution in [2.45, 2.75) is 98.2 Å². The molecule has 9 unspecified atom stereocenters. The van der Waals surface area contributed by atoms with Crippen LogP contribution in [-0.4, -0.2) is 59.6 Å². The maximum Gasteiger partial charge on any atom is 0.333 e. The molecular weight excluding hydrogens is 584 g/mol. The number of aliphatic hydroxyl groups is 1. The van der Waals surface area contributed by atoms with Crippen LogP contribution in [0.5, 0.6) is 0 Å². The van der Waals surface area contributed by atoms with Crippen molar-refractivity contribution < 1.29 is 38.4 Å². The first kappa shape index (κ1) is 34.3. The van der Waals surface area contributed by atoms with Gasteiger partial charge in [0.25, 0.3) is 0 Å². The van der Waals surface area contributed by atoms with Gasteiger partial charge < -0.3 is 24.1 Å². The number of Topliss-reactive ketones (excluding diaryl/α,β-unsaturated/α-hetero) is 1. The number of hydrogen-bond acceptors (Lipinski definition) is 8. The van der Waals surface area contributed by atoms with E-state index in [1.165, 1.54) is 6.08 Å². The molecule has 9 atom stereocenters. The number of hydrogen-bond donors (Lipinski definition) is 1. The summed E-state index contributed by atoms with van der Waals surface area (Å²) in [5, 5.41) is 13.2. The monoisotopic (exact) mass is 634 g/mol. The molecule has 4 aliphatic carbocycles. The Bertz CT molecular complexity index is 1440. The van der Waals surface area contributed by atoms with E-state index < -0.39 is 46.3 Å².